The minimum Gasteiger partial charge on any atom is -0.339 e. The molecule has 1 saturated heterocycles. The maximum absolute atomic E-state index is 12.6. The Balaban J connectivity index is 1.55. The Hall–Kier alpha value is -3.22. The summed E-state index contributed by atoms with van der Waals surface area (Å²) in [4.78, 5) is 37.0. The Morgan fingerprint density at radius 3 is 2.25 bits per heavy atom. The van der Waals surface area contributed by atoms with E-state index in [-0.39, 0.29) is 23.4 Å². The molecule has 1 N–H and O–H groups in total. The molecule has 146 valence electrons. The highest BCUT2D eigenvalue weighted by Crippen LogP contribution is 2.22. The summed E-state index contributed by atoms with van der Waals surface area (Å²) in [6.07, 6.45) is 1.19. The van der Waals surface area contributed by atoms with Crippen molar-refractivity contribution in [1.82, 2.24) is 4.90 Å². The summed E-state index contributed by atoms with van der Waals surface area (Å²) in [5, 5.41) is 13.7. The van der Waals surface area contributed by atoms with Gasteiger partial charge in [-0.3, -0.25) is 19.7 Å². The van der Waals surface area contributed by atoms with Crippen LogP contribution in [-0.4, -0.2) is 34.7 Å². The first-order valence-electron chi connectivity index (χ1n) is 9.27. The number of likely N-dealkylation sites (tertiary alicyclic amines) is 1. The van der Waals surface area contributed by atoms with Gasteiger partial charge < -0.3 is 10.2 Å². The fourth-order valence-corrected chi connectivity index (χ4v) is 3.32. The number of benzene rings is 2. The lowest BCUT2D eigenvalue weighted by Gasteiger charge is -2.31. The third-order valence-electron chi connectivity index (χ3n) is 5.25. The summed E-state index contributed by atoms with van der Waals surface area (Å²) in [6.45, 7) is 5.01. The van der Waals surface area contributed by atoms with E-state index in [4.69, 9.17) is 0 Å². The number of carbonyl (C=O) groups excluding carboxylic acids is 2. The molecule has 1 heterocycles. The van der Waals surface area contributed by atoms with Crippen LogP contribution in [-0.2, 0) is 4.79 Å². The zero-order valence-electron chi connectivity index (χ0n) is 16.0. The molecule has 0 aliphatic carbocycles. The second kappa shape index (κ2) is 8.21. The lowest BCUT2D eigenvalue weighted by Crippen LogP contribution is -2.41. The van der Waals surface area contributed by atoms with Crippen molar-refractivity contribution in [2.75, 3.05) is 18.4 Å². The van der Waals surface area contributed by atoms with Crippen molar-refractivity contribution in [3.05, 3.63) is 69.3 Å². The molecule has 28 heavy (non-hydrogen) atoms. The molecular weight excluding hydrogens is 358 g/mol. The van der Waals surface area contributed by atoms with Crippen molar-refractivity contribution in [2.24, 2.45) is 5.92 Å². The van der Waals surface area contributed by atoms with Crippen molar-refractivity contribution in [3.8, 4) is 0 Å². The van der Waals surface area contributed by atoms with E-state index in [0.29, 0.717) is 31.5 Å². The molecule has 0 atom stereocenters. The summed E-state index contributed by atoms with van der Waals surface area (Å²) in [6, 6.07) is 11.4. The zero-order valence-corrected chi connectivity index (χ0v) is 16.0. The number of anilines is 1. The summed E-state index contributed by atoms with van der Waals surface area (Å²) < 4.78 is 0. The van der Waals surface area contributed by atoms with E-state index in [9.17, 15) is 19.7 Å². The van der Waals surface area contributed by atoms with Gasteiger partial charge in [-0.2, -0.15) is 0 Å². The Bertz CT molecular complexity index is 900. The molecular formula is C21H23N3O4. The van der Waals surface area contributed by atoms with Crippen molar-refractivity contribution in [3.63, 3.8) is 0 Å². The molecule has 3 rings (SSSR count). The molecule has 7 nitrogen and oxygen atoms in total. The van der Waals surface area contributed by atoms with Crippen LogP contribution < -0.4 is 5.32 Å². The smallest absolute Gasteiger partial charge is 0.269 e. The normalized spacial score (nSPS) is 14.6. The Morgan fingerprint density at radius 1 is 1.04 bits per heavy atom. The number of amides is 2. The summed E-state index contributed by atoms with van der Waals surface area (Å²) in [5.74, 6) is -0.323. The Morgan fingerprint density at radius 2 is 1.68 bits per heavy atom. The van der Waals surface area contributed by atoms with Gasteiger partial charge in [0.1, 0.15) is 0 Å². The van der Waals surface area contributed by atoms with E-state index in [1.165, 1.54) is 29.8 Å². The quantitative estimate of drug-likeness (QED) is 0.645. The number of nitro benzene ring substituents is 1. The Labute approximate surface area is 163 Å². The molecule has 1 aliphatic heterocycles. The van der Waals surface area contributed by atoms with E-state index in [1.54, 1.807) is 4.90 Å². The molecule has 0 radical (unpaired) electrons. The van der Waals surface area contributed by atoms with Crippen LogP contribution in [0.3, 0.4) is 0 Å². The van der Waals surface area contributed by atoms with E-state index in [1.807, 2.05) is 32.0 Å². The van der Waals surface area contributed by atoms with Crippen LogP contribution in [0.15, 0.2) is 42.5 Å². The monoisotopic (exact) mass is 381 g/mol. The van der Waals surface area contributed by atoms with Gasteiger partial charge in [0.15, 0.2) is 0 Å². The number of hydrogen-bond donors (Lipinski definition) is 1. The van der Waals surface area contributed by atoms with Gasteiger partial charge >= 0.3 is 0 Å². The van der Waals surface area contributed by atoms with E-state index in [0.717, 1.165) is 11.3 Å². The molecule has 0 saturated carbocycles. The van der Waals surface area contributed by atoms with E-state index in [2.05, 4.69) is 5.32 Å². The van der Waals surface area contributed by atoms with Crippen molar-refractivity contribution >= 4 is 23.2 Å². The molecule has 2 aromatic carbocycles. The van der Waals surface area contributed by atoms with Crippen molar-refractivity contribution < 1.29 is 14.5 Å². The van der Waals surface area contributed by atoms with Crippen molar-refractivity contribution in [1.29, 1.82) is 0 Å². The number of carbonyl (C=O) groups is 2. The van der Waals surface area contributed by atoms with Crippen LogP contribution in [0.1, 0.15) is 34.3 Å². The van der Waals surface area contributed by atoms with Crippen LogP contribution in [0.5, 0.6) is 0 Å². The number of rotatable bonds is 4. The number of piperidine rings is 1. The largest absolute Gasteiger partial charge is 0.339 e. The number of nitro groups is 1. The van der Waals surface area contributed by atoms with Crippen LogP contribution in [0, 0.1) is 29.9 Å². The van der Waals surface area contributed by atoms with E-state index >= 15 is 0 Å². The van der Waals surface area contributed by atoms with Gasteiger partial charge in [-0.05, 0) is 62.1 Å². The molecule has 1 fully saturated rings. The maximum Gasteiger partial charge on any atom is 0.269 e. The third kappa shape index (κ3) is 4.36. The van der Waals surface area contributed by atoms with Crippen LogP contribution in [0.25, 0.3) is 0 Å². The fourth-order valence-electron chi connectivity index (χ4n) is 3.32. The number of hydrogen-bond acceptors (Lipinski definition) is 4. The van der Waals surface area contributed by atoms with Gasteiger partial charge in [0.2, 0.25) is 5.91 Å². The van der Waals surface area contributed by atoms with Crippen LogP contribution in [0.4, 0.5) is 11.4 Å². The number of nitrogens with one attached hydrogen (secondary N) is 1. The lowest BCUT2D eigenvalue weighted by molar-refractivity contribution is -0.384. The number of non-ortho nitro benzene ring substituents is 1. The minimum atomic E-state index is -0.492. The second-order valence-corrected chi connectivity index (χ2v) is 7.16. The highest BCUT2D eigenvalue weighted by molar-refractivity contribution is 5.95. The lowest BCUT2D eigenvalue weighted by atomic mass is 9.95. The maximum atomic E-state index is 12.6. The number of aryl methyl sites for hydroxylation is 2. The van der Waals surface area contributed by atoms with Crippen molar-refractivity contribution in [2.45, 2.75) is 26.7 Å². The fraction of sp³-hybridized carbons (Fsp3) is 0.333. The molecule has 2 amide bonds. The average molecular weight is 381 g/mol. The molecule has 0 unspecified atom stereocenters. The van der Waals surface area contributed by atoms with Gasteiger partial charge in [-0.1, -0.05) is 6.07 Å². The highest BCUT2D eigenvalue weighted by Gasteiger charge is 2.28. The predicted molar refractivity (Wildman–Crippen MR) is 106 cm³/mol. The highest BCUT2D eigenvalue weighted by atomic mass is 16.6. The topological polar surface area (TPSA) is 92.6 Å². The van der Waals surface area contributed by atoms with Gasteiger partial charge in [-0.25, -0.2) is 0 Å². The van der Waals surface area contributed by atoms with Crippen LogP contribution >= 0.6 is 0 Å². The predicted octanol–water partition coefficient (Wildman–Crippen LogP) is 3.70. The molecule has 0 bridgehead atoms. The first-order valence-corrected chi connectivity index (χ1v) is 9.27. The first-order chi connectivity index (χ1) is 13.3. The molecule has 0 aromatic heterocycles. The second-order valence-electron chi connectivity index (χ2n) is 7.16. The summed E-state index contributed by atoms with van der Waals surface area (Å²) in [5.41, 5.74) is 3.47. The molecule has 2 aromatic rings. The van der Waals surface area contributed by atoms with Gasteiger partial charge in [0.25, 0.3) is 11.6 Å². The Kier molecular flexibility index (Phi) is 5.73. The zero-order chi connectivity index (χ0) is 20.3. The van der Waals surface area contributed by atoms with Crippen LogP contribution in [0.2, 0.25) is 0 Å². The minimum absolute atomic E-state index is 0.0225. The van der Waals surface area contributed by atoms with Gasteiger partial charge in [0, 0.05) is 42.4 Å². The van der Waals surface area contributed by atoms with Gasteiger partial charge in [-0.15, -0.1) is 0 Å². The SMILES string of the molecule is Cc1ccc(NC(=O)C2CCN(C(=O)c3ccc([N+](=O)[O-])cc3)CC2)cc1C. The molecule has 7 heteroatoms. The third-order valence-corrected chi connectivity index (χ3v) is 5.25. The number of nitrogens with zero attached hydrogens (tertiary/aromatic N) is 2. The summed E-state index contributed by atoms with van der Waals surface area (Å²) in [7, 11) is 0. The summed E-state index contributed by atoms with van der Waals surface area (Å²) >= 11 is 0. The molecule has 1 aliphatic rings. The first kappa shape index (κ1) is 19.5. The van der Waals surface area contributed by atoms with Gasteiger partial charge in [0.05, 0.1) is 4.92 Å². The standard InChI is InChI=1S/C21H23N3O4/c1-14-3-6-18(13-15(14)2)22-20(25)16-9-11-23(12-10-16)21(26)17-4-7-19(8-5-17)24(27)28/h3-8,13,16H,9-12H2,1-2H3,(H,22,25). The average Bonchev–Trinajstić information content (AvgIpc) is 2.70. The molecule has 0 spiro atoms. The van der Waals surface area contributed by atoms with E-state index < -0.39 is 4.92 Å².